The predicted molar refractivity (Wildman–Crippen MR) is 79.4 cm³/mol. The van der Waals surface area contributed by atoms with E-state index < -0.39 is 0 Å². The van der Waals surface area contributed by atoms with Gasteiger partial charge in [-0.2, -0.15) is 0 Å². The molecule has 1 aromatic carbocycles. The van der Waals surface area contributed by atoms with Gasteiger partial charge >= 0.3 is 0 Å². The van der Waals surface area contributed by atoms with Crippen LogP contribution in [0.15, 0.2) is 24.3 Å². The van der Waals surface area contributed by atoms with E-state index in [0.29, 0.717) is 5.75 Å². The van der Waals surface area contributed by atoms with Gasteiger partial charge in [-0.3, -0.25) is 0 Å². The summed E-state index contributed by atoms with van der Waals surface area (Å²) in [5.74, 6) is 1.16. The molecule has 0 amide bonds. The Morgan fingerprint density at radius 1 is 1.37 bits per heavy atom. The van der Waals surface area contributed by atoms with Gasteiger partial charge in [-0.1, -0.05) is 32.0 Å². The number of benzene rings is 1. The van der Waals surface area contributed by atoms with Crippen LogP contribution in [0.5, 0.6) is 5.75 Å². The highest BCUT2D eigenvalue weighted by Gasteiger charge is 2.22. The highest BCUT2D eigenvalue weighted by molar-refractivity contribution is 5.34. The summed E-state index contributed by atoms with van der Waals surface area (Å²) in [6.07, 6.45) is 2.29. The third kappa shape index (κ3) is 3.71. The first kappa shape index (κ1) is 14.4. The molecule has 0 aliphatic carbocycles. The van der Waals surface area contributed by atoms with Crippen molar-refractivity contribution in [1.29, 1.82) is 0 Å². The lowest BCUT2D eigenvalue weighted by atomic mass is 10.0. The zero-order valence-corrected chi connectivity index (χ0v) is 12.1. The smallest absolute Gasteiger partial charge is 0.120 e. The van der Waals surface area contributed by atoms with Crippen molar-refractivity contribution in [2.24, 2.45) is 5.92 Å². The average Bonchev–Trinajstić information content (AvgIpc) is 2.89. The van der Waals surface area contributed by atoms with E-state index in [1.54, 1.807) is 6.07 Å². The number of rotatable bonds is 6. The minimum atomic E-state index is 0.261. The van der Waals surface area contributed by atoms with Crippen LogP contribution in [0.4, 0.5) is 0 Å². The topological polar surface area (TPSA) is 35.5 Å². The van der Waals surface area contributed by atoms with E-state index in [-0.39, 0.29) is 6.04 Å². The van der Waals surface area contributed by atoms with Crippen molar-refractivity contribution in [2.45, 2.75) is 32.7 Å². The number of phenolic OH excluding ortho intramolecular Hbond substituents is 1. The van der Waals surface area contributed by atoms with Crippen LogP contribution >= 0.6 is 0 Å². The van der Waals surface area contributed by atoms with Crippen molar-refractivity contribution >= 4 is 0 Å². The SMILES string of the molecule is CCC(NCC1CCN(CC)C1)c1ccccc1O. The molecule has 0 spiro atoms. The van der Waals surface area contributed by atoms with Gasteiger partial charge < -0.3 is 15.3 Å². The summed E-state index contributed by atoms with van der Waals surface area (Å²) in [6.45, 7) is 9.04. The van der Waals surface area contributed by atoms with Crippen LogP contribution in [0.3, 0.4) is 0 Å². The lowest BCUT2D eigenvalue weighted by Crippen LogP contribution is -2.29. The molecule has 1 aliphatic heterocycles. The van der Waals surface area contributed by atoms with Gasteiger partial charge in [0.05, 0.1) is 0 Å². The Balaban J connectivity index is 1.88. The lowest BCUT2D eigenvalue weighted by Gasteiger charge is -2.21. The number of hydrogen-bond donors (Lipinski definition) is 2. The fourth-order valence-corrected chi connectivity index (χ4v) is 2.93. The second-order valence-electron chi connectivity index (χ2n) is 5.48. The molecule has 2 unspecified atom stereocenters. The molecule has 0 saturated carbocycles. The fraction of sp³-hybridized carbons (Fsp3) is 0.625. The minimum Gasteiger partial charge on any atom is -0.508 e. The van der Waals surface area contributed by atoms with Crippen LogP contribution < -0.4 is 5.32 Å². The standard InChI is InChI=1S/C16H26N2O/c1-3-15(14-7-5-6-8-16(14)19)17-11-13-9-10-18(4-2)12-13/h5-8,13,15,17,19H,3-4,9-12H2,1-2H3. The van der Waals surface area contributed by atoms with E-state index in [2.05, 4.69) is 24.1 Å². The van der Waals surface area contributed by atoms with Crippen LogP contribution in [0.1, 0.15) is 38.3 Å². The van der Waals surface area contributed by atoms with Crippen molar-refractivity contribution in [3.05, 3.63) is 29.8 Å². The van der Waals surface area contributed by atoms with Crippen LogP contribution in [-0.2, 0) is 0 Å². The van der Waals surface area contributed by atoms with Crippen molar-refractivity contribution in [3.8, 4) is 5.75 Å². The summed E-state index contributed by atoms with van der Waals surface area (Å²) in [5.41, 5.74) is 1.02. The van der Waals surface area contributed by atoms with Gasteiger partial charge in [-0.05, 0) is 44.5 Å². The Bertz CT molecular complexity index is 394. The summed E-state index contributed by atoms with van der Waals surface area (Å²) in [7, 11) is 0. The van der Waals surface area contributed by atoms with E-state index in [4.69, 9.17) is 0 Å². The zero-order valence-electron chi connectivity index (χ0n) is 12.1. The molecular formula is C16H26N2O. The summed E-state index contributed by atoms with van der Waals surface area (Å²) in [6, 6.07) is 7.92. The third-order valence-corrected chi connectivity index (χ3v) is 4.19. The van der Waals surface area contributed by atoms with Gasteiger partial charge in [-0.15, -0.1) is 0 Å². The summed E-state index contributed by atoms with van der Waals surface area (Å²) < 4.78 is 0. The number of hydrogen-bond acceptors (Lipinski definition) is 3. The Hall–Kier alpha value is -1.06. The van der Waals surface area contributed by atoms with Crippen molar-refractivity contribution in [2.75, 3.05) is 26.2 Å². The van der Waals surface area contributed by atoms with E-state index in [0.717, 1.165) is 31.0 Å². The largest absolute Gasteiger partial charge is 0.508 e. The molecule has 0 aromatic heterocycles. The minimum absolute atomic E-state index is 0.261. The Labute approximate surface area is 116 Å². The summed E-state index contributed by atoms with van der Waals surface area (Å²) in [5, 5.41) is 13.6. The Morgan fingerprint density at radius 2 is 2.16 bits per heavy atom. The molecule has 3 nitrogen and oxygen atoms in total. The predicted octanol–water partition coefficient (Wildman–Crippen LogP) is 2.77. The average molecular weight is 262 g/mol. The van der Waals surface area contributed by atoms with Crippen molar-refractivity contribution in [1.82, 2.24) is 10.2 Å². The number of nitrogens with zero attached hydrogens (tertiary/aromatic N) is 1. The van der Waals surface area contributed by atoms with E-state index in [1.165, 1.54) is 19.5 Å². The molecule has 106 valence electrons. The molecular weight excluding hydrogens is 236 g/mol. The summed E-state index contributed by atoms with van der Waals surface area (Å²) in [4.78, 5) is 2.51. The molecule has 19 heavy (non-hydrogen) atoms. The second kappa shape index (κ2) is 6.92. The first-order valence-electron chi connectivity index (χ1n) is 7.48. The second-order valence-corrected chi connectivity index (χ2v) is 5.48. The van der Waals surface area contributed by atoms with Crippen LogP contribution in [0.25, 0.3) is 0 Å². The molecule has 0 bridgehead atoms. The highest BCUT2D eigenvalue weighted by Crippen LogP contribution is 2.26. The Morgan fingerprint density at radius 3 is 2.79 bits per heavy atom. The molecule has 2 N–H and O–H groups in total. The number of nitrogens with one attached hydrogen (secondary N) is 1. The fourth-order valence-electron chi connectivity index (χ4n) is 2.93. The Kier molecular flexibility index (Phi) is 5.23. The molecule has 1 saturated heterocycles. The number of aromatic hydroxyl groups is 1. The van der Waals surface area contributed by atoms with Crippen LogP contribution in [0.2, 0.25) is 0 Å². The first-order chi connectivity index (χ1) is 9.24. The maximum absolute atomic E-state index is 9.94. The zero-order chi connectivity index (χ0) is 13.7. The monoisotopic (exact) mass is 262 g/mol. The molecule has 1 aliphatic rings. The van der Waals surface area contributed by atoms with Crippen LogP contribution in [-0.4, -0.2) is 36.2 Å². The third-order valence-electron chi connectivity index (χ3n) is 4.19. The molecule has 0 radical (unpaired) electrons. The highest BCUT2D eigenvalue weighted by atomic mass is 16.3. The van der Waals surface area contributed by atoms with Crippen molar-refractivity contribution in [3.63, 3.8) is 0 Å². The molecule has 1 fully saturated rings. The molecule has 1 aromatic rings. The van der Waals surface area contributed by atoms with Gasteiger partial charge in [0.25, 0.3) is 0 Å². The van der Waals surface area contributed by atoms with Gasteiger partial charge in [0.15, 0.2) is 0 Å². The molecule has 2 atom stereocenters. The number of likely N-dealkylation sites (tertiary alicyclic amines) is 1. The van der Waals surface area contributed by atoms with Gasteiger partial charge in [0, 0.05) is 18.2 Å². The maximum atomic E-state index is 9.94. The van der Waals surface area contributed by atoms with E-state index >= 15 is 0 Å². The molecule has 3 heteroatoms. The first-order valence-corrected chi connectivity index (χ1v) is 7.48. The van der Waals surface area contributed by atoms with E-state index in [9.17, 15) is 5.11 Å². The maximum Gasteiger partial charge on any atom is 0.120 e. The van der Waals surface area contributed by atoms with E-state index in [1.807, 2.05) is 18.2 Å². The molecule has 2 rings (SSSR count). The summed E-state index contributed by atoms with van der Waals surface area (Å²) >= 11 is 0. The number of phenols is 1. The van der Waals surface area contributed by atoms with Gasteiger partial charge in [0.2, 0.25) is 0 Å². The normalized spacial score (nSPS) is 21.7. The van der Waals surface area contributed by atoms with Crippen molar-refractivity contribution < 1.29 is 5.11 Å². The quantitative estimate of drug-likeness (QED) is 0.827. The van der Waals surface area contributed by atoms with Crippen LogP contribution in [0, 0.1) is 5.92 Å². The van der Waals surface area contributed by atoms with Gasteiger partial charge in [0.1, 0.15) is 5.75 Å². The van der Waals surface area contributed by atoms with Gasteiger partial charge in [-0.25, -0.2) is 0 Å². The lowest BCUT2D eigenvalue weighted by molar-refractivity contribution is 0.333. The number of para-hydroxylation sites is 1. The molecule has 1 heterocycles.